The first-order valence-electron chi connectivity index (χ1n) is 8.08. The number of anilines is 3. The summed E-state index contributed by atoms with van der Waals surface area (Å²) in [5, 5.41) is 9.09. The van der Waals surface area contributed by atoms with Crippen molar-refractivity contribution in [2.45, 2.75) is 43.5 Å². The van der Waals surface area contributed by atoms with Gasteiger partial charge in [0.1, 0.15) is 5.75 Å². The van der Waals surface area contributed by atoms with Gasteiger partial charge in [-0.1, -0.05) is 12.8 Å². The number of phenols is 1. The molecule has 0 aromatic heterocycles. The van der Waals surface area contributed by atoms with Gasteiger partial charge in [-0.3, -0.25) is 4.72 Å². The van der Waals surface area contributed by atoms with E-state index in [1.54, 1.807) is 24.9 Å². The molecule has 1 aliphatic carbocycles. The summed E-state index contributed by atoms with van der Waals surface area (Å²) in [7, 11) is 0. The second kappa shape index (κ2) is 8.70. The SMILES string of the molecule is Cc1cc(N)c(N)cc1O.Nc1ccc(SNC2CCCC2)cc1. The van der Waals surface area contributed by atoms with Gasteiger partial charge in [-0.05, 0) is 67.6 Å². The molecule has 0 amide bonds. The summed E-state index contributed by atoms with van der Waals surface area (Å²) in [4.78, 5) is 1.24. The standard InChI is InChI=1S/C11H16N2S.C7H10N2O/c12-9-5-7-11(8-6-9)14-13-10-3-1-2-4-10;1-4-2-5(8)6(9)3-7(4)10/h5-8,10,13H,1-4,12H2;2-3,10H,8-9H2,1H3. The number of hydrogen-bond acceptors (Lipinski definition) is 6. The van der Waals surface area contributed by atoms with Gasteiger partial charge in [-0.25, -0.2) is 0 Å². The van der Waals surface area contributed by atoms with Crippen LogP contribution in [0.5, 0.6) is 5.75 Å². The molecule has 3 rings (SSSR count). The topological polar surface area (TPSA) is 110 Å². The second-order valence-electron chi connectivity index (χ2n) is 6.04. The molecule has 8 N–H and O–H groups in total. The van der Waals surface area contributed by atoms with Gasteiger partial charge in [-0.15, -0.1) is 0 Å². The first kappa shape index (κ1) is 18.3. The Bertz CT molecular complexity index is 605. The lowest BCUT2D eigenvalue weighted by Crippen LogP contribution is -2.18. The maximum atomic E-state index is 9.09. The van der Waals surface area contributed by atoms with E-state index < -0.39 is 0 Å². The van der Waals surface area contributed by atoms with Gasteiger partial charge in [0.25, 0.3) is 0 Å². The molecule has 0 spiro atoms. The maximum absolute atomic E-state index is 9.09. The number of nitrogens with two attached hydrogens (primary N) is 3. The van der Waals surface area contributed by atoms with E-state index in [1.165, 1.54) is 36.6 Å². The van der Waals surface area contributed by atoms with Crippen LogP contribution in [-0.4, -0.2) is 11.1 Å². The van der Waals surface area contributed by atoms with E-state index in [0.29, 0.717) is 17.4 Å². The van der Waals surface area contributed by atoms with E-state index in [2.05, 4.69) is 16.9 Å². The number of hydrogen-bond donors (Lipinski definition) is 5. The predicted octanol–water partition coefficient (Wildman–Crippen LogP) is 3.67. The van der Waals surface area contributed by atoms with E-state index in [-0.39, 0.29) is 5.75 Å². The monoisotopic (exact) mass is 346 g/mol. The highest BCUT2D eigenvalue weighted by molar-refractivity contribution is 7.97. The Labute approximate surface area is 147 Å². The Morgan fingerprint density at radius 1 is 1.00 bits per heavy atom. The number of benzene rings is 2. The van der Waals surface area contributed by atoms with Gasteiger partial charge < -0.3 is 22.3 Å². The van der Waals surface area contributed by atoms with E-state index in [4.69, 9.17) is 22.3 Å². The van der Waals surface area contributed by atoms with Crippen LogP contribution >= 0.6 is 11.9 Å². The van der Waals surface area contributed by atoms with Crippen molar-refractivity contribution in [3.05, 3.63) is 42.0 Å². The van der Waals surface area contributed by atoms with Crippen LogP contribution in [0.1, 0.15) is 31.2 Å². The lowest BCUT2D eigenvalue weighted by molar-refractivity contribution is 0.471. The molecule has 1 aliphatic rings. The highest BCUT2D eigenvalue weighted by Crippen LogP contribution is 2.25. The molecule has 6 heteroatoms. The normalized spacial score (nSPS) is 14.2. The van der Waals surface area contributed by atoms with Gasteiger partial charge >= 0.3 is 0 Å². The van der Waals surface area contributed by atoms with Crippen LogP contribution in [0.15, 0.2) is 41.3 Å². The molecule has 2 aromatic carbocycles. The molecular formula is C18H26N4OS. The third kappa shape index (κ3) is 5.54. The molecule has 0 atom stereocenters. The summed E-state index contributed by atoms with van der Waals surface area (Å²) in [6.45, 7) is 1.77. The van der Waals surface area contributed by atoms with Crippen molar-refractivity contribution in [2.75, 3.05) is 17.2 Å². The Balaban J connectivity index is 0.000000185. The lowest BCUT2D eigenvalue weighted by Gasteiger charge is -2.10. The van der Waals surface area contributed by atoms with Crippen LogP contribution in [0.4, 0.5) is 17.1 Å². The molecule has 0 aliphatic heterocycles. The summed E-state index contributed by atoms with van der Waals surface area (Å²) in [6, 6.07) is 11.8. The average molecular weight is 347 g/mol. The zero-order valence-electron chi connectivity index (χ0n) is 14.0. The fourth-order valence-corrected chi connectivity index (χ4v) is 3.28. The first-order chi connectivity index (χ1) is 11.5. The van der Waals surface area contributed by atoms with Gasteiger partial charge in [0.2, 0.25) is 0 Å². The highest BCUT2D eigenvalue weighted by atomic mass is 32.2. The van der Waals surface area contributed by atoms with E-state index in [9.17, 15) is 0 Å². The number of rotatable bonds is 3. The number of aryl methyl sites for hydroxylation is 1. The Kier molecular flexibility index (Phi) is 6.63. The van der Waals surface area contributed by atoms with Crippen molar-refractivity contribution in [2.24, 2.45) is 0 Å². The van der Waals surface area contributed by atoms with Crippen LogP contribution in [0.3, 0.4) is 0 Å². The number of nitrogen functional groups attached to an aromatic ring is 3. The molecule has 0 radical (unpaired) electrons. The highest BCUT2D eigenvalue weighted by Gasteiger charge is 2.14. The Hall–Kier alpha value is -2.05. The predicted molar refractivity (Wildman–Crippen MR) is 104 cm³/mol. The van der Waals surface area contributed by atoms with Crippen molar-refractivity contribution < 1.29 is 5.11 Å². The lowest BCUT2D eigenvalue weighted by atomic mass is 10.2. The maximum Gasteiger partial charge on any atom is 0.120 e. The largest absolute Gasteiger partial charge is 0.508 e. The van der Waals surface area contributed by atoms with Gasteiger partial charge in [-0.2, -0.15) is 0 Å². The van der Waals surface area contributed by atoms with E-state index in [0.717, 1.165) is 11.3 Å². The van der Waals surface area contributed by atoms with Crippen molar-refractivity contribution in [1.29, 1.82) is 0 Å². The number of phenolic OH excluding ortho intramolecular Hbond substituents is 1. The third-order valence-corrected chi connectivity index (χ3v) is 4.94. The Morgan fingerprint density at radius 3 is 2.17 bits per heavy atom. The first-order valence-corrected chi connectivity index (χ1v) is 8.90. The molecule has 130 valence electrons. The molecule has 1 fully saturated rings. The minimum atomic E-state index is 0.187. The van der Waals surface area contributed by atoms with Crippen LogP contribution in [0.25, 0.3) is 0 Å². The summed E-state index contributed by atoms with van der Waals surface area (Å²) < 4.78 is 3.49. The van der Waals surface area contributed by atoms with Crippen LogP contribution in [0, 0.1) is 6.92 Å². The molecule has 5 nitrogen and oxygen atoms in total. The molecule has 2 aromatic rings. The van der Waals surface area contributed by atoms with Crippen molar-refractivity contribution >= 4 is 29.0 Å². The second-order valence-corrected chi connectivity index (χ2v) is 6.95. The van der Waals surface area contributed by atoms with Crippen molar-refractivity contribution in [1.82, 2.24) is 4.72 Å². The molecule has 0 bridgehead atoms. The van der Waals surface area contributed by atoms with Gasteiger partial charge in [0.15, 0.2) is 0 Å². The average Bonchev–Trinajstić information content (AvgIpc) is 3.07. The molecular weight excluding hydrogens is 320 g/mol. The van der Waals surface area contributed by atoms with Gasteiger partial charge in [0.05, 0.1) is 11.4 Å². The van der Waals surface area contributed by atoms with Crippen molar-refractivity contribution in [3.63, 3.8) is 0 Å². The third-order valence-electron chi connectivity index (χ3n) is 3.98. The fourth-order valence-electron chi connectivity index (χ4n) is 2.47. The quantitative estimate of drug-likeness (QED) is 0.329. The Morgan fingerprint density at radius 2 is 1.58 bits per heavy atom. The minimum absolute atomic E-state index is 0.187. The molecule has 0 heterocycles. The van der Waals surface area contributed by atoms with Crippen molar-refractivity contribution in [3.8, 4) is 5.75 Å². The molecule has 24 heavy (non-hydrogen) atoms. The number of aromatic hydroxyl groups is 1. The molecule has 1 saturated carbocycles. The zero-order valence-corrected chi connectivity index (χ0v) is 14.8. The molecule has 0 unspecified atom stereocenters. The number of nitrogens with one attached hydrogen (secondary N) is 1. The van der Waals surface area contributed by atoms with E-state index >= 15 is 0 Å². The smallest absolute Gasteiger partial charge is 0.120 e. The van der Waals surface area contributed by atoms with Crippen LogP contribution in [0.2, 0.25) is 0 Å². The summed E-state index contributed by atoms with van der Waals surface area (Å²) >= 11 is 1.72. The summed E-state index contributed by atoms with van der Waals surface area (Å²) in [6.07, 6.45) is 5.39. The van der Waals surface area contributed by atoms with Crippen LogP contribution < -0.4 is 21.9 Å². The fraction of sp³-hybridized carbons (Fsp3) is 0.333. The molecule has 0 saturated heterocycles. The van der Waals surface area contributed by atoms with E-state index in [1.807, 2.05) is 12.1 Å². The summed E-state index contributed by atoms with van der Waals surface area (Å²) in [5.74, 6) is 0.187. The summed E-state index contributed by atoms with van der Waals surface area (Å²) in [5.41, 5.74) is 19.0. The minimum Gasteiger partial charge on any atom is -0.508 e. The van der Waals surface area contributed by atoms with Crippen LogP contribution in [-0.2, 0) is 0 Å². The zero-order chi connectivity index (χ0) is 17.5. The van der Waals surface area contributed by atoms with Gasteiger partial charge in [0, 0.05) is 22.7 Å².